The lowest BCUT2D eigenvalue weighted by Crippen LogP contribution is -2.38. The fraction of sp³-hybridized carbons (Fsp3) is 0.588. The summed E-state index contributed by atoms with van der Waals surface area (Å²) in [6.45, 7) is 3.24. The Hall–Kier alpha value is -1.57. The Kier molecular flexibility index (Phi) is 4.42. The van der Waals surface area contributed by atoms with Gasteiger partial charge in [-0.25, -0.2) is 0 Å². The molecule has 0 spiro atoms. The van der Waals surface area contributed by atoms with Crippen LogP contribution < -0.4 is 10.1 Å². The topological polar surface area (TPSA) is 48.3 Å². The largest absolute Gasteiger partial charge is 0.495 e. The van der Waals surface area contributed by atoms with Crippen LogP contribution in [0.3, 0.4) is 0 Å². The van der Waals surface area contributed by atoms with E-state index in [4.69, 9.17) is 10.00 Å². The van der Waals surface area contributed by atoms with Gasteiger partial charge >= 0.3 is 0 Å². The maximum atomic E-state index is 9.06. The normalized spacial score (nSPS) is 21.5. The second-order valence-electron chi connectivity index (χ2n) is 6.10. The molecule has 1 saturated heterocycles. The summed E-state index contributed by atoms with van der Waals surface area (Å²) in [5.41, 5.74) is 1.84. The number of ether oxygens (including phenoxy) is 1. The van der Waals surface area contributed by atoms with E-state index in [1.165, 1.54) is 31.2 Å². The third-order valence-electron chi connectivity index (χ3n) is 4.45. The molecule has 1 aromatic carbocycles. The molecule has 1 N–H and O–H groups in total. The van der Waals surface area contributed by atoms with Gasteiger partial charge < -0.3 is 10.1 Å². The van der Waals surface area contributed by atoms with E-state index in [0.29, 0.717) is 17.4 Å². The zero-order valence-electron chi connectivity index (χ0n) is 12.6. The Labute approximate surface area is 126 Å². The van der Waals surface area contributed by atoms with Crippen LogP contribution in [0.15, 0.2) is 18.2 Å². The first kappa shape index (κ1) is 14.4. The standard InChI is InChI=1S/C17H23N3O/c1-21-17-9-13(4-5-14(17)10-18)11-20(16-6-7-16)12-15-3-2-8-19-15/h4-5,9,15-16,19H,2-3,6-8,11-12H2,1H3. The minimum Gasteiger partial charge on any atom is -0.495 e. The molecule has 2 aliphatic rings. The summed E-state index contributed by atoms with van der Waals surface area (Å²) in [5.74, 6) is 0.685. The van der Waals surface area contributed by atoms with Crippen LogP contribution in [0.1, 0.15) is 36.8 Å². The van der Waals surface area contributed by atoms with E-state index in [1.54, 1.807) is 7.11 Å². The van der Waals surface area contributed by atoms with E-state index < -0.39 is 0 Å². The Morgan fingerprint density at radius 1 is 1.38 bits per heavy atom. The quantitative estimate of drug-likeness (QED) is 0.871. The van der Waals surface area contributed by atoms with Crippen LogP contribution in [0, 0.1) is 11.3 Å². The second kappa shape index (κ2) is 6.46. The van der Waals surface area contributed by atoms with Crippen molar-refractivity contribution in [1.29, 1.82) is 5.26 Å². The number of nitriles is 1. The van der Waals surface area contributed by atoms with Crippen LogP contribution >= 0.6 is 0 Å². The van der Waals surface area contributed by atoms with Crippen molar-refractivity contribution in [3.05, 3.63) is 29.3 Å². The third-order valence-corrected chi connectivity index (χ3v) is 4.45. The van der Waals surface area contributed by atoms with E-state index in [-0.39, 0.29) is 0 Å². The number of rotatable bonds is 6. The van der Waals surface area contributed by atoms with Crippen LogP contribution in [0.2, 0.25) is 0 Å². The summed E-state index contributed by atoms with van der Waals surface area (Å²) < 4.78 is 5.31. The molecule has 112 valence electrons. The monoisotopic (exact) mass is 285 g/mol. The SMILES string of the molecule is COc1cc(CN(CC2CCCN2)C2CC2)ccc1C#N. The van der Waals surface area contributed by atoms with Crippen molar-refractivity contribution in [1.82, 2.24) is 10.2 Å². The van der Waals surface area contributed by atoms with Gasteiger partial charge in [-0.05, 0) is 49.9 Å². The summed E-state index contributed by atoms with van der Waals surface area (Å²) in [7, 11) is 1.63. The Morgan fingerprint density at radius 3 is 2.86 bits per heavy atom. The Balaban J connectivity index is 1.69. The van der Waals surface area contributed by atoms with Gasteiger partial charge in [0.2, 0.25) is 0 Å². The first-order valence-electron chi connectivity index (χ1n) is 7.84. The highest BCUT2D eigenvalue weighted by atomic mass is 16.5. The predicted octanol–water partition coefficient (Wildman–Crippen LogP) is 2.28. The van der Waals surface area contributed by atoms with Crippen LogP contribution in [0.25, 0.3) is 0 Å². The molecule has 0 amide bonds. The van der Waals surface area contributed by atoms with Gasteiger partial charge in [0.1, 0.15) is 11.8 Å². The third kappa shape index (κ3) is 3.55. The van der Waals surface area contributed by atoms with Gasteiger partial charge in [0.15, 0.2) is 0 Å². The molecule has 4 heteroatoms. The number of hydrogen-bond acceptors (Lipinski definition) is 4. The average molecular weight is 285 g/mol. The summed E-state index contributed by atoms with van der Waals surface area (Å²) >= 11 is 0. The molecule has 3 rings (SSSR count). The summed E-state index contributed by atoms with van der Waals surface area (Å²) in [4.78, 5) is 2.59. The molecule has 1 unspecified atom stereocenters. The van der Waals surface area contributed by atoms with Gasteiger partial charge in [0, 0.05) is 25.2 Å². The first-order chi connectivity index (χ1) is 10.3. The lowest BCUT2D eigenvalue weighted by molar-refractivity contribution is 0.231. The molecule has 0 radical (unpaired) electrons. The fourth-order valence-electron chi connectivity index (χ4n) is 3.14. The van der Waals surface area contributed by atoms with Crippen molar-refractivity contribution in [3.63, 3.8) is 0 Å². The van der Waals surface area contributed by atoms with Gasteiger partial charge in [0.25, 0.3) is 0 Å². The number of methoxy groups -OCH3 is 1. The summed E-state index contributed by atoms with van der Waals surface area (Å²) in [6.07, 6.45) is 5.23. The summed E-state index contributed by atoms with van der Waals surface area (Å²) in [6, 6.07) is 9.49. The van der Waals surface area contributed by atoms with Crippen molar-refractivity contribution in [3.8, 4) is 11.8 Å². The molecule has 1 heterocycles. The highest BCUT2D eigenvalue weighted by Crippen LogP contribution is 2.30. The Morgan fingerprint density at radius 2 is 2.24 bits per heavy atom. The first-order valence-corrected chi connectivity index (χ1v) is 7.84. The van der Waals surface area contributed by atoms with E-state index in [9.17, 15) is 0 Å². The maximum Gasteiger partial charge on any atom is 0.136 e. The minimum atomic E-state index is 0.608. The van der Waals surface area contributed by atoms with E-state index in [2.05, 4.69) is 22.4 Å². The predicted molar refractivity (Wildman–Crippen MR) is 82.2 cm³/mol. The van der Waals surface area contributed by atoms with Crippen LogP contribution in [0.5, 0.6) is 5.75 Å². The molecule has 1 saturated carbocycles. The average Bonchev–Trinajstić information content (AvgIpc) is 3.24. The minimum absolute atomic E-state index is 0.608. The van der Waals surface area contributed by atoms with Crippen molar-refractivity contribution >= 4 is 0 Å². The number of nitrogens with zero attached hydrogens (tertiary/aromatic N) is 2. The fourth-order valence-corrected chi connectivity index (χ4v) is 3.14. The van der Waals surface area contributed by atoms with Gasteiger partial charge in [-0.15, -0.1) is 0 Å². The highest BCUT2D eigenvalue weighted by Gasteiger charge is 2.31. The molecular weight excluding hydrogens is 262 g/mol. The summed E-state index contributed by atoms with van der Waals surface area (Å²) in [5, 5.41) is 12.6. The lowest BCUT2D eigenvalue weighted by Gasteiger charge is -2.25. The Bertz CT molecular complexity index is 527. The van der Waals surface area contributed by atoms with Gasteiger partial charge in [-0.1, -0.05) is 6.07 Å². The highest BCUT2D eigenvalue weighted by molar-refractivity contribution is 5.45. The van der Waals surface area contributed by atoms with Crippen molar-refractivity contribution in [2.75, 3.05) is 20.2 Å². The molecule has 1 aliphatic heterocycles. The zero-order chi connectivity index (χ0) is 14.7. The van der Waals surface area contributed by atoms with Crippen molar-refractivity contribution < 1.29 is 4.74 Å². The van der Waals surface area contributed by atoms with E-state index >= 15 is 0 Å². The molecule has 1 aromatic rings. The number of hydrogen-bond donors (Lipinski definition) is 1. The van der Waals surface area contributed by atoms with Crippen molar-refractivity contribution in [2.24, 2.45) is 0 Å². The molecular formula is C17H23N3O. The van der Waals surface area contributed by atoms with Crippen LogP contribution in [-0.4, -0.2) is 37.2 Å². The molecule has 4 nitrogen and oxygen atoms in total. The zero-order valence-corrected chi connectivity index (χ0v) is 12.6. The van der Waals surface area contributed by atoms with E-state index in [0.717, 1.165) is 25.7 Å². The van der Waals surface area contributed by atoms with Crippen LogP contribution in [0.4, 0.5) is 0 Å². The lowest BCUT2D eigenvalue weighted by atomic mass is 10.1. The molecule has 21 heavy (non-hydrogen) atoms. The molecule has 2 fully saturated rings. The smallest absolute Gasteiger partial charge is 0.136 e. The van der Waals surface area contributed by atoms with E-state index in [1.807, 2.05) is 12.1 Å². The molecule has 0 aromatic heterocycles. The van der Waals surface area contributed by atoms with Gasteiger partial charge in [-0.2, -0.15) is 5.26 Å². The van der Waals surface area contributed by atoms with Crippen molar-refractivity contribution in [2.45, 2.75) is 44.3 Å². The second-order valence-corrected chi connectivity index (χ2v) is 6.10. The maximum absolute atomic E-state index is 9.06. The van der Waals surface area contributed by atoms with Gasteiger partial charge in [-0.3, -0.25) is 4.90 Å². The van der Waals surface area contributed by atoms with Crippen LogP contribution in [-0.2, 0) is 6.54 Å². The van der Waals surface area contributed by atoms with Gasteiger partial charge in [0.05, 0.1) is 12.7 Å². The number of benzene rings is 1. The molecule has 1 aliphatic carbocycles. The molecule has 0 bridgehead atoms. The number of nitrogens with one attached hydrogen (secondary N) is 1. The molecule has 1 atom stereocenters.